The average Bonchev–Trinajstić information content (AvgIpc) is 2.84. The van der Waals surface area contributed by atoms with Crippen LogP contribution in [0.25, 0.3) is 5.13 Å². The molecule has 2 aromatic rings. The highest BCUT2D eigenvalue weighted by molar-refractivity contribution is 7.08. The molecule has 0 aliphatic rings. The van der Waals surface area contributed by atoms with Crippen molar-refractivity contribution in [2.24, 2.45) is 0 Å². The van der Waals surface area contributed by atoms with Crippen LogP contribution in [0.2, 0.25) is 0 Å². The van der Waals surface area contributed by atoms with Gasteiger partial charge in [-0.3, -0.25) is 4.57 Å². The smallest absolute Gasteiger partial charge is 0.214 e. The quantitative estimate of drug-likeness (QED) is 0.796. The molecule has 15 heavy (non-hydrogen) atoms. The monoisotopic (exact) mass is 222 g/mol. The number of nitrogens with zero attached hydrogens (tertiary/aromatic N) is 4. The van der Waals surface area contributed by atoms with Gasteiger partial charge in [-0.2, -0.15) is 4.37 Å². The summed E-state index contributed by atoms with van der Waals surface area (Å²) in [7, 11) is 0. The van der Waals surface area contributed by atoms with Crippen LogP contribution in [0.15, 0.2) is 12.4 Å². The van der Waals surface area contributed by atoms with Crippen LogP contribution in [0.3, 0.4) is 0 Å². The fourth-order valence-electron chi connectivity index (χ4n) is 1.44. The van der Waals surface area contributed by atoms with Crippen LogP contribution in [0.1, 0.15) is 31.9 Å². The molecule has 0 bridgehead atoms. The molecule has 2 heterocycles. The SMILES string of the molecule is CCCc1nsc(-n2ccnc2CC)n1. The molecule has 4 nitrogen and oxygen atoms in total. The van der Waals surface area contributed by atoms with Crippen molar-refractivity contribution >= 4 is 11.5 Å². The van der Waals surface area contributed by atoms with Crippen LogP contribution in [-0.2, 0) is 12.8 Å². The molecular formula is C10H14N4S. The van der Waals surface area contributed by atoms with Crippen LogP contribution in [0.5, 0.6) is 0 Å². The molecule has 0 spiro atoms. The van der Waals surface area contributed by atoms with Gasteiger partial charge in [0.1, 0.15) is 11.6 Å². The van der Waals surface area contributed by atoms with Gasteiger partial charge >= 0.3 is 0 Å². The van der Waals surface area contributed by atoms with Gasteiger partial charge in [-0.15, -0.1) is 0 Å². The Balaban J connectivity index is 2.28. The summed E-state index contributed by atoms with van der Waals surface area (Å²) < 4.78 is 6.33. The van der Waals surface area contributed by atoms with Crippen LogP contribution < -0.4 is 0 Å². The van der Waals surface area contributed by atoms with Crippen molar-refractivity contribution in [1.82, 2.24) is 18.9 Å². The van der Waals surface area contributed by atoms with E-state index >= 15 is 0 Å². The van der Waals surface area contributed by atoms with Gasteiger partial charge < -0.3 is 0 Å². The predicted molar refractivity (Wildman–Crippen MR) is 60.4 cm³/mol. The van der Waals surface area contributed by atoms with E-state index in [9.17, 15) is 0 Å². The van der Waals surface area contributed by atoms with Crippen molar-refractivity contribution in [3.63, 3.8) is 0 Å². The van der Waals surface area contributed by atoms with E-state index in [2.05, 4.69) is 28.2 Å². The first-order valence-electron chi connectivity index (χ1n) is 5.20. The van der Waals surface area contributed by atoms with E-state index < -0.39 is 0 Å². The first kappa shape index (κ1) is 10.3. The summed E-state index contributed by atoms with van der Waals surface area (Å²) in [5.74, 6) is 1.97. The molecule has 0 saturated heterocycles. The topological polar surface area (TPSA) is 43.6 Å². The molecule has 0 fully saturated rings. The second-order valence-electron chi connectivity index (χ2n) is 3.31. The van der Waals surface area contributed by atoms with E-state index in [4.69, 9.17) is 0 Å². The molecule has 5 heteroatoms. The minimum Gasteiger partial charge on any atom is -0.278 e. The van der Waals surface area contributed by atoms with Gasteiger partial charge in [0.2, 0.25) is 5.13 Å². The Bertz CT molecular complexity index is 432. The number of hydrogen-bond donors (Lipinski definition) is 0. The van der Waals surface area contributed by atoms with E-state index in [1.165, 1.54) is 11.5 Å². The molecule has 80 valence electrons. The Morgan fingerprint density at radius 2 is 2.27 bits per heavy atom. The first-order chi connectivity index (χ1) is 7.35. The number of aromatic nitrogens is 4. The molecule has 0 aliphatic carbocycles. The molecule has 0 unspecified atom stereocenters. The molecule has 0 radical (unpaired) electrons. The molecule has 0 aromatic carbocycles. The van der Waals surface area contributed by atoms with Gasteiger partial charge in [0, 0.05) is 36.8 Å². The van der Waals surface area contributed by atoms with Crippen LogP contribution in [0.4, 0.5) is 0 Å². The summed E-state index contributed by atoms with van der Waals surface area (Å²) >= 11 is 1.44. The molecule has 0 saturated carbocycles. The standard InChI is InChI=1S/C10H14N4S/c1-3-5-8-12-10(15-13-8)14-7-6-11-9(14)4-2/h6-7H,3-5H2,1-2H3. The van der Waals surface area contributed by atoms with Crippen LogP contribution in [0, 0.1) is 0 Å². The third kappa shape index (κ3) is 2.07. The van der Waals surface area contributed by atoms with Gasteiger partial charge in [0.15, 0.2) is 0 Å². The molecule has 2 rings (SSSR count). The lowest BCUT2D eigenvalue weighted by molar-refractivity contribution is 0.837. The lowest BCUT2D eigenvalue weighted by atomic mass is 10.3. The molecule has 2 aromatic heterocycles. The molecule has 0 N–H and O–H groups in total. The van der Waals surface area contributed by atoms with Crippen LogP contribution >= 0.6 is 11.5 Å². The Hall–Kier alpha value is -1.23. The van der Waals surface area contributed by atoms with Crippen molar-refractivity contribution in [1.29, 1.82) is 0 Å². The average molecular weight is 222 g/mol. The fraction of sp³-hybridized carbons (Fsp3) is 0.500. The number of imidazole rings is 1. The molecule has 0 aliphatic heterocycles. The predicted octanol–water partition coefficient (Wildman–Crippen LogP) is 2.24. The van der Waals surface area contributed by atoms with Gasteiger partial charge in [-0.1, -0.05) is 13.8 Å². The lowest BCUT2D eigenvalue weighted by Crippen LogP contribution is -1.98. The van der Waals surface area contributed by atoms with E-state index in [0.717, 1.165) is 36.0 Å². The second-order valence-corrected chi connectivity index (χ2v) is 4.04. The zero-order valence-electron chi connectivity index (χ0n) is 8.97. The first-order valence-corrected chi connectivity index (χ1v) is 5.97. The lowest BCUT2D eigenvalue weighted by Gasteiger charge is -1.99. The summed E-state index contributed by atoms with van der Waals surface area (Å²) in [6, 6.07) is 0. The zero-order valence-corrected chi connectivity index (χ0v) is 9.79. The highest BCUT2D eigenvalue weighted by atomic mass is 32.1. The summed E-state index contributed by atoms with van der Waals surface area (Å²) in [5, 5.41) is 0.924. The number of hydrogen-bond acceptors (Lipinski definition) is 4. The third-order valence-electron chi connectivity index (χ3n) is 2.17. The summed E-state index contributed by atoms with van der Waals surface area (Å²) in [5.41, 5.74) is 0. The largest absolute Gasteiger partial charge is 0.278 e. The normalized spacial score (nSPS) is 10.8. The van der Waals surface area contributed by atoms with Crippen molar-refractivity contribution in [2.75, 3.05) is 0 Å². The van der Waals surface area contributed by atoms with Crippen LogP contribution in [-0.4, -0.2) is 18.9 Å². The zero-order chi connectivity index (χ0) is 10.7. The van der Waals surface area contributed by atoms with Crippen molar-refractivity contribution in [3.05, 3.63) is 24.0 Å². The highest BCUT2D eigenvalue weighted by Crippen LogP contribution is 2.14. The number of rotatable bonds is 4. The van der Waals surface area contributed by atoms with Crippen molar-refractivity contribution < 1.29 is 0 Å². The molecule has 0 amide bonds. The maximum Gasteiger partial charge on any atom is 0.214 e. The van der Waals surface area contributed by atoms with Crippen molar-refractivity contribution in [3.8, 4) is 5.13 Å². The minimum absolute atomic E-state index is 0.912. The maximum absolute atomic E-state index is 4.48. The summed E-state index contributed by atoms with van der Waals surface area (Å²) in [4.78, 5) is 8.75. The third-order valence-corrected chi connectivity index (χ3v) is 2.92. The van der Waals surface area contributed by atoms with Gasteiger partial charge in [0.25, 0.3) is 0 Å². The Labute approximate surface area is 93.2 Å². The Kier molecular flexibility index (Phi) is 3.11. The Morgan fingerprint density at radius 3 is 3.00 bits per heavy atom. The summed E-state index contributed by atoms with van der Waals surface area (Å²) in [6.45, 7) is 4.22. The van der Waals surface area contributed by atoms with E-state index in [1.54, 1.807) is 6.20 Å². The van der Waals surface area contributed by atoms with Gasteiger partial charge in [-0.25, -0.2) is 9.97 Å². The second kappa shape index (κ2) is 4.53. The Morgan fingerprint density at radius 1 is 1.40 bits per heavy atom. The maximum atomic E-state index is 4.48. The van der Waals surface area contributed by atoms with Crippen molar-refractivity contribution in [2.45, 2.75) is 33.1 Å². The minimum atomic E-state index is 0.912. The fourth-order valence-corrected chi connectivity index (χ4v) is 2.16. The van der Waals surface area contributed by atoms with E-state index in [0.29, 0.717) is 0 Å². The number of aryl methyl sites for hydroxylation is 2. The molecule has 0 atom stereocenters. The van der Waals surface area contributed by atoms with E-state index in [-0.39, 0.29) is 0 Å². The summed E-state index contributed by atoms with van der Waals surface area (Å²) in [6.07, 6.45) is 6.69. The molecular weight excluding hydrogens is 208 g/mol. The van der Waals surface area contributed by atoms with E-state index in [1.807, 2.05) is 10.8 Å². The van der Waals surface area contributed by atoms with Gasteiger partial charge in [0.05, 0.1) is 0 Å². The van der Waals surface area contributed by atoms with Gasteiger partial charge in [-0.05, 0) is 6.42 Å². The highest BCUT2D eigenvalue weighted by Gasteiger charge is 2.08.